The van der Waals surface area contributed by atoms with Crippen LogP contribution >= 0.6 is 0 Å². The molecule has 2 rings (SSSR count). The van der Waals surface area contributed by atoms with Crippen molar-refractivity contribution >= 4 is 11.6 Å². The summed E-state index contributed by atoms with van der Waals surface area (Å²) in [5, 5.41) is 9.58. The lowest BCUT2D eigenvalue weighted by molar-refractivity contribution is -0.134. The summed E-state index contributed by atoms with van der Waals surface area (Å²) < 4.78 is 0. The Labute approximate surface area is 114 Å². The standard InChI is InChI=1S/C15H22N2O2/c1-10-5-11(2)7-13(6-10)17-12(3)8-16(4)15(19)14(17)9-18/h5-7,12,14,18H,8-9H2,1-4H3. The normalized spacial score (nSPS) is 23.9. The monoisotopic (exact) mass is 262 g/mol. The Balaban J connectivity index is 2.42. The van der Waals surface area contributed by atoms with E-state index in [4.69, 9.17) is 0 Å². The van der Waals surface area contributed by atoms with E-state index in [1.807, 2.05) is 18.7 Å². The molecule has 19 heavy (non-hydrogen) atoms. The van der Waals surface area contributed by atoms with E-state index >= 15 is 0 Å². The predicted molar refractivity (Wildman–Crippen MR) is 76.4 cm³/mol. The van der Waals surface area contributed by atoms with Crippen LogP contribution in [0.3, 0.4) is 0 Å². The molecule has 104 valence electrons. The van der Waals surface area contributed by atoms with Gasteiger partial charge in [-0.2, -0.15) is 0 Å². The summed E-state index contributed by atoms with van der Waals surface area (Å²) in [5.41, 5.74) is 3.36. The lowest BCUT2D eigenvalue weighted by atomic mass is 10.0. The highest BCUT2D eigenvalue weighted by Gasteiger charge is 2.36. The number of aliphatic hydroxyl groups excluding tert-OH is 1. The van der Waals surface area contributed by atoms with Crippen molar-refractivity contribution in [2.24, 2.45) is 0 Å². The molecule has 2 unspecified atom stereocenters. The van der Waals surface area contributed by atoms with Crippen molar-refractivity contribution in [2.45, 2.75) is 32.9 Å². The van der Waals surface area contributed by atoms with Crippen LogP contribution in [0.4, 0.5) is 5.69 Å². The zero-order valence-corrected chi connectivity index (χ0v) is 12.1. The minimum Gasteiger partial charge on any atom is -0.394 e. The number of hydrogen-bond acceptors (Lipinski definition) is 3. The molecule has 1 amide bonds. The number of carbonyl (C=O) groups excluding carboxylic acids is 1. The van der Waals surface area contributed by atoms with Crippen LogP contribution in [-0.4, -0.2) is 48.2 Å². The zero-order valence-electron chi connectivity index (χ0n) is 12.1. The van der Waals surface area contributed by atoms with Crippen LogP contribution in [0.1, 0.15) is 18.1 Å². The van der Waals surface area contributed by atoms with Crippen molar-refractivity contribution in [2.75, 3.05) is 25.1 Å². The molecule has 0 radical (unpaired) electrons. The molecule has 1 heterocycles. The Kier molecular flexibility index (Phi) is 3.80. The fraction of sp³-hybridized carbons (Fsp3) is 0.533. The first-order chi connectivity index (χ1) is 8.93. The maximum Gasteiger partial charge on any atom is 0.247 e. The van der Waals surface area contributed by atoms with Gasteiger partial charge in [0.2, 0.25) is 5.91 Å². The summed E-state index contributed by atoms with van der Waals surface area (Å²) in [6, 6.07) is 5.98. The van der Waals surface area contributed by atoms with Gasteiger partial charge in [-0.15, -0.1) is 0 Å². The molecule has 0 aliphatic carbocycles. The highest BCUT2D eigenvalue weighted by molar-refractivity contribution is 5.87. The minimum absolute atomic E-state index is 0.0141. The van der Waals surface area contributed by atoms with E-state index in [1.54, 1.807) is 11.9 Å². The fourth-order valence-electron chi connectivity index (χ4n) is 2.96. The molecule has 2 atom stereocenters. The Morgan fingerprint density at radius 3 is 2.37 bits per heavy atom. The third-order valence-electron chi connectivity index (χ3n) is 3.69. The predicted octanol–water partition coefficient (Wildman–Crippen LogP) is 1.33. The Hall–Kier alpha value is -1.55. The number of carbonyl (C=O) groups is 1. The van der Waals surface area contributed by atoms with Gasteiger partial charge in [0, 0.05) is 25.3 Å². The second kappa shape index (κ2) is 5.21. The van der Waals surface area contributed by atoms with Gasteiger partial charge in [-0.1, -0.05) is 6.07 Å². The van der Waals surface area contributed by atoms with Crippen LogP contribution in [0, 0.1) is 13.8 Å². The van der Waals surface area contributed by atoms with Gasteiger partial charge in [-0.3, -0.25) is 4.79 Å². The third kappa shape index (κ3) is 2.59. The molecule has 1 aliphatic heterocycles. The maximum atomic E-state index is 12.2. The molecule has 1 aromatic rings. The molecule has 0 spiro atoms. The number of benzene rings is 1. The number of piperazine rings is 1. The lowest BCUT2D eigenvalue weighted by Gasteiger charge is -2.44. The average Bonchev–Trinajstić information content (AvgIpc) is 2.31. The van der Waals surface area contributed by atoms with Crippen LogP contribution in [0.15, 0.2) is 18.2 Å². The summed E-state index contributed by atoms with van der Waals surface area (Å²) >= 11 is 0. The van der Waals surface area contributed by atoms with Gasteiger partial charge >= 0.3 is 0 Å². The van der Waals surface area contributed by atoms with E-state index in [1.165, 1.54) is 11.1 Å². The smallest absolute Gasteiger partial charge is 0.247 e. The van der Waals surface area contributed by atoms with Gasteiger partial charge in [0.05, 0.1) is 6.61 Å². The minimum atomic E-state index is -0.477. The first kappa shape index (κ1) is 13.9. The molecule has 0 bridgehead atoms. The molecule has 0 aromatic heterocycles. The van der Waals surface area contributed by atoms with Crippen molar-refractivity contribution in [3.8, 4) is 0 Å². The molecule has 4 heteroatoms. The fourth-order valence-corrected chi connectivity index (χ4v) is 2.96. The van der Waals surface area contributed by atoms with Crippen molar-refractivity contribution in [1.82, 2.24) is 4.90 Å². The average molecular weight is 262 g/mol. The van der Waals surface area contributed by atoms with Gasteiger partial charge in [-0.25, -0.2) is 0 Å². The van der Waals surface area contributed by atoms with E-state index in [0.717, 1.165) is 5.69 Å². The number of amides is 1. The van der Waals surface area contributed by atoms with Crippen molar-refractivity contribution in [3.63, 3.8) is 0 Å². The summed E-state index contributed by atoms with van der Waals surface area (Å²) in [6.07, 6.45) is 0. The second-order valence-electron chi connectivity index (χ2n) is 5.52. The summed E-state index contributed by atoms with van der Waals surface area (Å²) in [5.74, 6) is -0.0141. The van der Waals surface area contributed by atoms with Crippen LogP contribution in [0.2, 0.25) is 0 Å². The zero-order chi connectivity index (χ0) is 14.2. The Morgan fingerprint density at radius 2 is 1.84 bits per heavy atom. The molecule has 1 saturated heterocycles. The summed E-state index contributed by atoms with van der Waals surface area (Å²) in [6.45, 7) is 6.71. The first-order valence-corrected chi connectivity index (χ1v) is 6.66. The van der Waals surface area contributed by atoms with Crippen LogP contribution < -0.4 is 4.90 Å². The van der Waals surface area contributed by atoms with Crippen LogP contribution in [0.5, 0.6) is 0 Å². The third-order valence-corrected chi connectivity index (χ3v) is 3.69. The second-order valence-corrected chi connectivity index (χ2v) is 5.52. The van der Waals surface area contributed by atoms with Crippen molar-refractivity contribution in [1.29, 1.82) is 0 Å². The molecule has 1 N–H and O–H groups in total. The van der Waals surface area contributed by atoms with Gasteiger partial charge in [0.15, 0.2) is 0 Å². The molecule has 4 nitrogen and oxygen atoms in total. The molecule has 1 fully saturated rings. The Morgan fingerprint density at radius 1 is 1.26 bits per heavy atom. The number of anilines is 1. The lowest BCUT2D eigenvalue weighted by Crippen LogP contribution is -2.61. The van der Waals surface area contributed by atoms with Gasteiger partial charge in [0.25, 0.3) is 0 Å². The number of aryl methyl sites for hydroxylation is 2. The SMILES string of the molecule is Cc1cc(C)cc(N2C(C)CN(C)C(=O)C2CO)c1. The van der Waals surface area contributed by atoms with Crippen molar-refractivity contribution < 1.29 is 9.90 Å². The number of aliphatic hydroxyl groups is 1. The summed E-state index contributed by atoms with van der Waals surface area (Å²) in [7, 11) is 1.79. The van der Waals surface area contributed by atoms with Gasteiger partial charge in [0.1, 0.15) is 6.04 Å². The van der Waals surface area contributed by atoms with Gasteiger partial charge < -0.3 is 14.9 Å². The molecular weight excluding hydrogens is 240 g/mol. The number of likely N-dealkylation sites (N-methyl/N-ethyl adjacent to an activating group) is 1. The largest absolute Gasteiger partial charge is 0.394 e. The van der Waals surface area contributed by atoms with E-state index in [-0.39, 0.29) is 18.6 Å². The number of nitrogens with zero attached hydrogens (tertiary/aromatic N) is 2. The van der Waals surface area contributed by atoms with Crippen LogP contribution in [0.25, 0.3) is 0 Å². The topological polar surface area (TPSA) is 43.8 Å². The van der Waals surface area contributed by atoms with E-state index < -0.39 is 6.04 Å². The van der Waals surface area contributed by atoms with E-state index in [9.17, 15) is 9.90 Å². The maximum absolute atomic E-state index is 12.2. The van der Waals surface area contributed by atoms with E-state index in [0.29, 0.717) is 6.54 Å². The highest BCUT2D eigenvalue weighted by atomic mass is 16.3. The first-order valence-electron chi connectivity index (χ1n) is 6.66. The molecule has 1 aliphatic rings. The molecular formula is C15H22N2O2. The number of hydrogen-bond donors (Lipinski definition) is 1. The van der Waals surface area contributed by atoms with Crippen LogP contribution in [-0.2, 0) is 4.79 Å². The Bertz CT molecular complexity index is 467. The molecule has 1 aromatic carbocycles. The number of rotatable bonds is 2. The summed E-state index contributed by atoms with van der Waals surface area (Å²) in [4.78, 5) is 15.9. The molecule has 0 saturated carbocycles. The van der Waals surface area contributed by atoms with Crippen molar-refractivity contribution in [3.05, 3.63) is 29.3 Å². The van der Waals surface area contributed by atoms with Gasteiger partial charge in [-0.05, 0) is 44.0 Å². The highest BCUT2D eigenvalue weighted by Crippen LogP contribution is 2.26. The van der Waals surface area contributed by atoms with E-state index in [2.05, 4.69) is 25.1 Å². The quantitative estimate of drug-likeness (QED) is 0.874.